The van der Waals surface area contributed by atoms with E-state index in [1.807, 2.05) is 12.1 Å². The number of hydrogen-bond donors (Lipinski definition) is 4. The third-order valence-electron chi connectivity index (χ3n) is 3.78. The van der Waals surface area contributed by atoms with Crippen LogP contribution < -0.4 is 21.1 Å². The summed E-state index contributed by atoms with van der Waals surface area (Å²) in [5, 5.41) is 15.3. The zero-order valence-electron chi connectivity index (χ0n) is 14.3. The Hall–Kier alpha value is -3.62. The number of para-hydroxylation sites is 2. The van der Waals surface area contributed by atoms with Crippen molar-refractivity contribution < 1.29 is 18.6 Å². The average Bonchev–Trinajstić information content (AvgIpc) is 2.67. The van der Waals surface area contributed by atoms with E-state index in [0.717, 1.165) is 6.07 Å². The van der Waals surface area contributed by atoms with E-state index in [4.69, 9.17) is 10.5 Å². The summed E-state index contributed by atoms with van der Waals surface area (Å²) in [7, 11) is 1.23. The predicted molar refractivity (Wildman–Crippen MR) is 98.1 cm³/mol. The number of anilines is 4. The Kier molecular flexibility index (Phi) is 5.20. The van der Waals surface area contributed by atoms with Gasteiger partial charge in [0, 0.05) is 12.6 Å². The van der Waals surface area contributed by atoms with Gasteiger partial charge in [-0.25, -0.2) is 18.7 Å². The van der Waals surface area contributed by atoms with Crippen molar-refractivity contribution >= 4 is 23.0 Å². The number of ether oxygens (including phenoxy) is 1. The van der Waals surface area contributed by atoms with Crippen molar-refractivity contribution in [3.8, 4) is 11.5 Å². The van der Waals surface area contributed by atoms with Crippen LogP contribution in [-0.2, 0) is 6.54 Å². The monoisotopic (exact) mass is 373 g/mol. The van der Waals surface area contributed by atoms with E-state index in [0.29, 0.717) is 23.0 Å². The maximum Gasteiger partial charge on any atom is 0.173 e. The molecule has 5 N–H and O–H groups in total. The SMILES string of the molecule is COc1cc(O)c(F)c(CNc2cnc(Nc3ccccc3N)cn2)c1F. The molecule has 1 heterocycles. The molecule has 0 fully saturated rings. The lowest BCUT2D eigenvalue weighted by Gasteiger charge is -2.12. The number of benzene rings is 2. The number of halogens is 2. The van der Waals surface area contributed by atoms with Crippen LogP contribution in [0.15, 0.2) is 42.7 Å². The van der Waals surface area contributed by atoms with Gasteiger partial charge in [-0.2, -0.15) is 0 Å². The molecule has 0 saturated carbocycles. The summed E-state index contributed by atoms with van der Waals surface area (Å²) >= 11 is 0. The van der Waals surface area contributed by atoms with Gasteiger partial charge in [0.15, 0.2) is 23.1 Å². The first-order chi connectivity index (χ1) is 13.0. The molecule has 0 aliphatic heterocycles. The summed E-state index contributed by atoms with van der Waals surface area (Å²) in [4.78, 5) is 8.30. The number of phenolic OH excluding ortho intramolecular Hbond substituents is 1. The summed E-state index contributed by atoms with van der Waals surface area (Å²) in [5.74, 6) is -2.16. The van der Waals surface area contributed by atoms with Gasteiger partial charge in [0.2, 0.25) is 0 Å². The normalized spacial score (nSPS) is 10.5. The van der Waals surface area contributed by atoms with E-state index in [2.05, 4.69) is 20.6 Å². The molecule has 7 nitrogen and oxygen atoms in total. The van der Waals surface area contributed by atoms with Gasteiger partial charge in [-0.05, 0) is 12.1 Å². The molecule has 9 heteroatoms. The van der Waals surface area contributed by atoms with Crippen LogP contribution in [0.1, 0.15) is 5.56 Å². The van der Waals surface area contributed by atoms with Crippen LogP contribution in [0, 0.1) is 11.6 Å². The lowest BCUT2D eigenvalue weighted by molar-refractivity contribution is 0.366. The maximum atomic E-state index is 14.2. The Bertz CT molecular complexity index is 951. The van der Waals surface area contributed by atoms with Gasteiger partial charge in [-0.1, -0.05) is 12.1 Å². The number of nitrogens with two attached hydrogens (primary N) is 1. The molecular formula is C18H17F2N5O2. The molecule has 0 aliphatic carbocycles. The number of aromatic hydroxyl groups is 1. The molecule has 0 radical (unpaired) electrons. The number of nitrogens with zero attached hydrogens (tertiary/aromatic N) is 2. The van der Waals surface area contributed by atoms with E-state index < -0.39 is 17.4 Å². The zero-order chi connectivity index (χ0) is 19.4. The Labute approximate surface area is 153 Å². The molecule has 0 aliphatic rings. The highest BCUT2D eigenvalue weighted by Crippen LogP contribution is 2.31. The lowest BCUT2D eigenvalue weighted by Crippen LogP contribution is -2.08. The molecule has 1 aromatic heterocycles. The first-order valence-electron chi connectivity index (χ1n) is 7.91. The second kappa shape index (κ2) is 7.73. The molecule has 27 heavy (non-hydrogen) atoms. The molecule has 3 aromatic rings. The van der Waals surface area contributed by atoms with Crippen molar-refractivity contribution in [1.82, 2.24) is 9.97 Å². The zero-order valence-corrected chi connectivity index (χ0v) is 14.3. The minimum Gasteiger partial charge on any atom is -0.505 e. The number of phenols is 1. The predicted octanol–water partition coefficient (Wildman–Crippen LogP) is 3.41. The molecule has 0 spiro atoms. The topological polar surface area (TPSA) is 105 Å². The minimum absolute atomic E-state index is 0.253. The molecule has 0 unspecified atom stereocenters. The van der Waals surface area contributed by atoms with Gasteiger partial charge in [0.25, 0.3) is 0 Å². The van der Waals surface area contributed by atoms with Crippen LogP contribution in [0.25, 0.3) is 0 Å². The number of nitrogen functional groups attached to an aromatic ring is 1. The van der Waals surface area contributed by atoms with Gasteiger partial charge < -0.3 is 26.2 Å². The van der Waals surface area contributed by atoms with Crippen LogP contribution in [0.3, 0.4) is 0 Å². The number of methoxy groups -OCH3 is 1. The van der Waals surface area contributed by atoms with Crippen molar-refractivity contribution in [3.05, 3.63) is 59.9 Å². The van der Waals surface area contributed by atoms with Gasteiger partial charge in [-0.15, -0.1) is 0 Å². The van der Waals surface area contributed by atoms with Gasteiger partial charge in [-0.3, -0.25) is 0 Å². The Morgan fingerprint density at radius 1 is 1.11 bits per heavy atom. The number of rotatable bonds is 6. The van der Waals surface area contributed by atoms with Gasteiger partial charge in [0.1, 0.15) is 11.6 Å². The smallest absolute Gasteiger partial charge is 0.173 e. The van der Waals surface area contributed by atoms with E-state index in [9.17, 15) is 13.9 Å². The molecule has 0 amide bonds. The van der Waals surface area contributed by atoms with Gasteiger partial charge in [0.05, 0.1) is 36.4 Å². The average molecular weight is 373 g/mol. The molecule has 0 saturated heterocycles. The van der Waals surface area contributed by atoms with E-state index in [1.165, 1.54) is 19.5 Å². The highest BCUT2D eigenvalue weighted by atomic mass is 19.1. The first kappa shape index (κ1) is 18.2. The fourth-order valence-electron chi connectivity index (χ4n) is 2.37. The molecular weight excluding hydrogens is 356 g/mol. The summed E-state index contributed by atoms with van der Waals surface area (Å²) in [5.41, 5.74) is 6.73. The summed E-state index contributed by atoms with van der Waals surface area (Å²) in [6.45, 7) is -0.254. The van der Waals surface area contributed by atoms with Crippen molar-refractivity contribution in [3.63, 3.8) is 0 Å². The Morgan fingerprint density at radius 3 is 2.48 bits per heavy atom. The van der Waals surface area contributed by atoms with E-state index >= 15 is 0 Å². The molecule has 2 aromatic carbocycles. The molecule has 0 atom stereocenters. The largest absolute Gasteiger partial charge is 0.505 e. The van der Waals surface area contributed by atoms with Crippen LogP contribution in [0.4, 0.5) is 31.8 Å². The number of hydrogen-bond acceptors (Lipinski definition) is 7. The van der Waals surface area contributed by atoms with Crippen LogP contribution in [0.2, 0.25) is 0 Å². The Balaban J connectivity index is 1.71. The van der Waals surface area contributed by atoms with Crippen molar-refractivity contribution in [2.45, 2.75) is 6.54 Å². The van der Waals surface area contributed by atoms with E-state index in [-0.39, 0.29) is 17.9 Å². The maximum absolute atomic E-state index is 14.2. The second-order valence-corrected chi connectivity index (χ2v) is 5.56. The molecule has 0 bridgehead atoms. The molecule has 3 rings (SSSR count). The van der Waals surface area contributed by atoms with Crippen LogP contribution in [0.5, 0.6) is 11.5 Å². The van der Waals surface area contributed by atoms with Crippen LogP contribution >= 0.6 is 0 Å². The third-order valence-corrected chi connectivity index (χ3v) is 3.78. The summed E-state index contributed by atoms with van der Waals surface area (Å²) in [6, 6.07) is 8.06. The minimum atomic E-state index is -1.06. The fraction of sp³-hybridized carbons (Fsp3) is 0.111. The third kappa shape index (κ3) is 3.97. The quantitative estimate of drug-likeness (QED) is 0.491. The summed E-state index contributed by atoms with van der Waals surface area (Å²) in [6.07, 6.45) is 2.85. The lowest BCUT2D eigenvalue weighted by atomic mass is 10.1. The summed E-state index contributed by atoms with van der Waals surface area (Å²) < 4.78 is 32.9. The number of nitrogens with one attached hydrogen (secondary N) is 2. The fourth-order valence-corrected chi connectivity index (χ4v) is 2.37. The standard InChI is InChI=1S/C18H17F2N5O2/c1-27-14-6-13(26)17(19)10(18(14)20)7-22-15-8-24-16(9-23-15)25-12-5-3-2-4-11(12)21/h2-6,8-9,26H,7,21H2,1H3,(H,22,23)(H,24,25). The van der Waals surface area contributed by atoms with E-state index in [1.54, 1.807) is 12.1 Å². The Morgan fingerprint density at radius 2 is 1.81 bits per heavy atom. The van der Waals surface area contributed by atoms with Crippen LogP contribution in [-0.4, -0.2) is 22.2 Å². The van der Waals surface area contributed by atoms with Crippen molar-refractivity contribution in [2.24, 2.45) is 0 Å². The highest BCUT2D eigenvalue weighted by molar-refractivity contribution is 5.70. The van der Waals surface area contributed by atoms with Crippen molar-refractivity contribution in [2.75, 3.05) is 23.5 Å². The van der Waals surface area contributed by atoms with Crippen molar-refractivity contribution in [1.29, 1.82) is 0 Å². The first-order valence-corrected chi connectivity index (χ1v) is 7.91. The molecule has 140 valence electrons. The highest BCUT2D eigenvalue weighted by Gasteiger charge is 2.19. The second-order valence-electron chi connectivity index (χ2n) is 5.56. The number of aromatic nitrogens is 2. The van der Waals surface area contributed by atoms with Gasteiger partial charge >= 0.3 is 0 Å².